The van der Waals surface area contributed by atoms with Crippen molar-refractivity contribution in [3.8, 4) is 0 Å². The second-order valence-electron chi connectivity index (χ2n) is 5.29. The molecule has 1 unspecified atom stereocenters. The highest BCUT2D eigenvalue weighted by molar-refractivity contribution is 6.21. The molecule has 1 aliphatic rings. The number of piperidine rings is 1. The van der Waals surface area contributed by atoms with Crippen molar-refractivity contribution in [2.24, 2.45) is 5.92 Å². The van der Waals surface area contributed by atoms with Gasteiger partial charge in [0.05, 0.1) is 11.3 Å². The Bertz CT molecular complexity index is 424. The molecule has 0 aliphatic carbocycles. The Morgan fingerprint density at radius 1 is 1.37 bits per heavy atom. The number of rotatable bonds is 4. The largest absolute Gasteiger partial charge is 0.481 e. The molecule has 0 bridgehead atoms. The molecular formula is C15H20ClNO2. The van der Waals surface area contributed by atoms with E-state index in [1.54, 1.807) is 0 Å². The van der Waals surface area contributed by atoms with E-state index >= 15 is 0 Å². The number of halogens is 1. The lowest BCUT2D eigenvalue weighted by Gasteiger charge is -2.31. The van der Waals surface area contributed by atoms with Crippen LogP contribution < -0.4 is 0 Å². The fourth-order valence-electron chi connectivity index (χ4n) is 2.47. The third-order valence-electron chi connectivity index (χ3n) is 3.79. The average Bonchev–Trinajstić information content (AvgIpc) is 2.40. The van der Waals surface area contributed by atoms with Crippen LogP contribution in [0.3, 0.4) is 0 Å². The molecule has 1 heterocycles. The molecule has 0 radical (unpaired) electrons. The Morgan fingerprint density at radius 3 is 2.47 bits per heavy atom. The van der Waals surface area contributed by atoms with Crippen molar-refractivity contribution in [1.82, 2.24) is 4.90 Å². The zero-order valence-electron chi connectivity index (χ0n) is 11.2. The standard InChI is InChI=1S/C15H20ClNO2/c1-11-2-4-12(5-3-11)14(16)10-17-8-6-13(7-9-17)15(18)19/h2-5,13-14H,6-10H2,1H3,(H,18,19). The van der Waals surface area contributed by atoms with Crippen LogP contribution >= 0.6 is 11.6 Å². The number of nitrogens with zero attached hydrogens (tertiary/aromatic N) is 1. The minimum atomic E-state index is -0.666. The van der Waals surface area contributed by atoms with Gasteiger partial charge in [-0.3, -0.25) is 4.79 Å². The predicted molar refractivity (Wildman–Crippen MR) is 76.6 cm³/mol. The van der Waals surface area contributed by atoms with Gasteiger partial charge in [-0.15, -0.1) is 11.6 Å². The molecule has 2 rings (SSSR count). The molecule has 1 N–H and O–H groups in total. The van der Waals surface area contributed by atoms with Gasteiger partial charge in [0.1, 0.15) is 0 Å². The lowest BCUT2D eigenvalue weighted by atomic mass is 9.97. The first-order chi connectivity index (χ1) is 9.06. The normalized spacial score (nSPS) is 19.3. The molecule has 1 aromatic carbocycles. The molecule has 19 heavy (non-hydrogen) atoms. The van der Waals surface area contributed by atoms with Crippen molar-refractivity contribution < 1.29 is 9.90 Å². The predicted octanol–water partition coefficient (Wildman–Crippen LogP) is 3.07. The highest BCUT2D eigenvalue weighted by Crippen LogP contribution is 2.25. The number of aryl methyl sites for hydroxylation is 1. The maximum atomic E-state index is 10.9. The van der Waals surface area contributed by atoms with Gasteiger partial charge in [-0.1, -0.05) is 29.8 Å². The van der Waals surface area contributed by atoms with E-state index in [1.165, 1.54) is 5.56 Å². The molecule has 0 spiro atoms. The number of alkyl halides is 1. The number of carbonyl (C=O) groups is 1. The molecule has 0 aromatic heterocycles. The number of benzene rings is 1. The summed E-state index contributed by atoms with van der Waals surface area (Å²) in [5, 5.41) is 8.94. The Hall–Kier alpha value is -1.06. The number of hydrogen-bond donors (Lipinski definition) is 1. The van der Waals surface area contributed by atoms with Gasteiger partial charge in [-0.2, -0.15) is 0 Å². The second-order valence-corrected chi connectivity index (χ2v) is 5.82. The van der Waals surface area contributed by atoms with Gasteiger partial charge in [-0.05, 0) is 38.4 Å². The van der Waals surface area contributed by atoms with Crippen molar-refractivity contribution in [2.75, 3.05) is 19.6 Å². The van der Waals surface area contributed by atoms with Crippen molar-refractivity contribution in [2.45, 2.75) is 25.1 Å². The minimum absolute atomic E-state index is 0.0259. The van der Waals surface area contributed by atoms with Crippen LogP contribution in [0.25, 0.3) is 0 Å². The van der Waals surface area contributed by atoms with Crippen molar-refractivity contribution in [3.63, 3.8) is 0 Å². The van der Waals surface area contributed by atoms with E-state index in [9.17, 15) is 4.79 Å². The van der Waals surface area contributed by atoms with E-state index in [2.05, 4.69) is 36.1 Å². The van der Waals surface area contributed by atoms with Crippen LogP contribution in [0.1, 0.15) is 29.3 Å². The summed E-state index contributed by atoms with van der Waals surface area (Å²) < 4.78 is 0. The van der Waals surface area contributed by atoms with E-state index in [-0.39, 0.29) is 11.3 Å². The first kappa shape index (κ1) is 14.4. The van der Waals surface area contributed by atoms with Gasteiger partial charge in [0, 0.05) is 6.54 Å². The highest BCUT2D eigenvalue weighted by Gasteiger charge is 2.25. The molecule has 1 saturated heterocycles. The monoisotopic (exact) mass is 281 g/mol. The quantitative estimate of drug-likeness (QED) is 0.862. The number of aliphatic carboxylic acids is 1. The topological polar surface area (TPSA) is 40.5 Å². The van der Waals surface area contributed by atoms with Crippen LogP contribution in [-0.4, -0.2) is 35.6 Å². The molecule has 1 fully saturated rings. The molecule has 1 atom stereocenters. The Labute approximate surface area is 119 Å². The van der Waals surface area contributed by atoms with E-state index in [1.807, 2.05) is 0 Å². The maximum absolute atomic E-state index is 10.9. The van der Waals surface area contributed by atoms with Crippen LogP contribution in [0.2, 0.25) is 0 Å². The zero-order valence-corrected chi connectivity index (χ0v) is 11.9. The van der Waals surface area contributed by atoms with Crippen molar-refractivity contribution in [3.05, 3.63) is 35.4 Å². The molecular weight excluding hydrogens is 262 g/mol. The summed E-state index contributed by atoms with van der Waals surface area (Å²) in [5.41, 5.74) is 2.36. The van der Waals surface area contributed by atoms with Crippen LogP contribution in [0.4, 0.5) is 0 Å². The lowest BCUT2D eigenvalue weighted by molar-refractivity contribution is -0.143. The molecule has 1 aromatic rings. The summed E-state index contributed by atoms with van der Waals surface area (Å²) in [6, 6.07) is 8.27. The summed E-state index contributed by atoms with van der Waals surface area (Å²) in [6.07, 6.45) is 1.46. The molecule has 104 valence electrons. The van der Waals surface area contributed by atoms with Gasteiger partial charge in [0.2, 0.25) is 0 Å². The fraction of sp³-hybridized carbons (Fsp3) is 0.533. The molecule has 3 nitrogen and oxygen atoms in total. The van der Waals surface area contributed by atoms with Crippen LogP contribution in [0.15, 0.2) is 24.3 Å². The smallest absolute Gasteiger partial charge is 0.306 e. The summed E-state index contributed by atoms with van der Waals surface area (Å²) in [4.78, 5) is 13.2. The maximum Gasteiger partial charge on any atom is 0.306 e. The zero-order chi connectivity index (χ0) is 13.8. The lowest BCUT2D eigenvalue weighted by Crippen LogP contribution is -2.37. The summed E-state index contributed by atoms with van der Waals surface area (Å²) >= 11 is 6.43. The van der Waals surface area contributed by atoms with E-state index in [4.69, 9.17) is 16.7 Å². The van der Waals surface area contributed by atoms with Gasteiger partial charge in [0.15, 0.2) is 0 Å². The number of carboxylic acid groups (broad SMARTS) is 1. The fourth-order valence-corrected chi connectivity index (χ4v) is 2.81. The van der Waals surface area contributed by atoms with E-state index < -0.39 is 5.97 Å². The third kappa shape index (κ3) is 3.95. The van der Waals surface area contributed by atoms with Gasteiger partial charge >= 0.3 is 5.97 Å². The van der Waals surface area contributed by atoms with Gasteiger partial charge in [0.25, 0.3) is 0 Å². The molecule has 0 saturated carbocycles. The summed E-state index contributed by atoms with van der Waals surface area (Å²) in [5.74, 6) is -0.843. The summed E-state index contributed by atoms with van der Waals surface area (Å²) in [6.45, 7) is 4.50. The number of likely N-dealkylation sites (tertiary alicyclic amines) is 1. The van der Waals surface area contributed by atoms with Crippen LogP contribution in [0.5, 0.6) is 0 Å². The minimum Gasteiger partial charge on any atom is -0.481 e. The first-order valence-corrected chi connectivity index (χ1v) is 7.15. The van der Waals surface area contributed by atoms with Crippen LogP contribution in [0, 0.1) is 12.8 Å². The van der Waals surface area contributed by atoms with Gasteiger partial charge in [-0.25, -0.2) is 0 Å². The number of hydrogen-bond acceptors (Lipinski definition) is 2. The average molecular weight is 282 g/mol. The van der Waals surface area contributed by atoms with Crippen molar-refractivity contribution >= 4 is 17.6 Å². The van der Waals surface area contributed by atoms with Gasteiger partial charge < -0.3 is 10.0 Å². The Morgan fingerprint density at radius 2 is 1.95 bits per heavy atom. The van der Waals surface area contributed by atoms with Crippen LogP contribution in [-0.2, 0) is 4.79 Å². The second kappa shape index (κ2) is 6.40. The molecule has 4 heteroatoms. The van der Waals surface area contributed by atoms with Crippen molar-refractivity contribution in [1.29, 1.82) is 0 Å². The Balaban J connectivity index is 1.85. The van der Waals surface area contributed by atoms with E-state index in [0.29, 0.717) is 0 Å². The van der Waals surface area contributed by atoms with E-state index in [0.717, 1.165) is 38.0 Å². The SMILES string of the molecule is Cc1ccc(C(Cl)CN2CCC(C(=O)O)CC2)cc1. The third-order valence-corrected chi connectivity index (χ3v) is 4.18. The highest BCUT2D eigenvalue weighted by atomic mass is 35.5. The molecule has 0 amide bonds. The summed E-state index contributed by atoms with van der Waals surface area (Å²) in [7, 11) is 0. The number of carboxylic acids is 1. The first-order valence-electron chi connectivity index (χ1n) is 6.72. The Kier molecular flexibility index (Phi) is 4.83. The molecule has 1 aliphatic heterocycles.